The maximum atomic E-state index is 12.8. The van der Waals surface area contributed by atoms with Crippen molar-refractivity contribution in [3.8, 4) is 0 Å². The van der Waals surface area contributed by atoms with Crippen molar-refractivity contribution in [1.29, 1.82) is 0 Å². The Morgan fingerprint density at radius 1 is 1.09 bits per heavy atom. The number of anilines is 1. The van der Waals surface area contributed by atoms with Crippen LogP contribution in [0.25, 0.3) is 16.5 Å². The molecule has 0 aliphatic carbocycles. The number of carbonyl (C=O) groups is 1. The van der Waals surface area contributed by atoms with Gasteiger partial charge in [-0.25, -0.2) is 9.97 Å². The summed E-state index contributed by atoms with van der Waals surface area (Å²) < 4.78 is 0. The minimum absolute atomic E-state index is 0.148. The number of aliphatic hydroxyl groups excluding tert-OH is 1. The van der Waals surface area contributed by atoms with Crippen LogP contribution in [0.3, 0.4) is 0 Å². The molecule has 35 heavy (non-hydrogen) atoms. The van der Waals surface area contributed by atoms with Gasteiger partial charge in [-0.1, -0.05) is 55.1 Å². The van der Waals surface area contributed by atoms with Gasteiger partial charge in [-0.15, -0.1) is 0 Å². The van der Waals surface area contributed by atoms with E-state index in [4.69, 9.17) is 9.97 Å². The van der Waals surface area contributed by atoms with Gasteiger partial charge in [0.1, 0.15) is 11.6 Å². The van der Waals surface area contributed by atoms with E-state index < -0.39 is 0 Å². The topological polar surface area (TPSA) is 69.6 Å². The van der Waals surface area contributed by atoms with Crippen LogP contribution in [-0.4, -0.2) is 52.1 Å². The number of allylic oxidation sites excluding steroid dienone is 5. The van der Waals surface area contributed by atoms with Gasteiger partial charge in [0.25, 0.3) is 0 Å². The highest BCUT2D eigenvalue weighted by Crippen LogP contribution is 2.29. The third-order valence-corrected chi connectivity index (χ3v) is 6.26. The van der Waals surface area contributed by atoms with Gasteiger partial charge >= 0.3 is 0 Å². The van der Waals surface area contributed by atoms with E-state index in [-0.39, 0.29) is 11.7 Å². The molecule has 0 radical (unpaired) electrons. The summed E-state index contributed by atoms with van der Waals surface area (Å²) in [6, 6.07) is 16.3. The lowest BCUT2D eigenvalue weighted by molar-refractivity contribution is -0.131. The van der Waals surface area contributed by atoms with Gasteiger partial charge in [-0.05, 0) is 49.6 Å². The second kappa shape index (κ2) is 11.0. The molecule has 1 fully saturated rings. The third-order valence-electron chi connectivity index (χ3n) is 6.26. The normalized spacial score (nSPS) is 14.9. The van der Waals surface area contributed by atoms with Crippen LogP contribution in [0.4, 0.5) is 5.82 Å². The zero-order valence-electron chi connectivity index (χ0n) is 20.4. The zero-order valence-corrected chi connectivity index (χ0v) is 20.4. The summed E-state index contributed by atoms with van der Waals surface area (Å²) in [6.07, 6.45) is 6.46. The Hall–Kier alpha value is -3.93. The zero-order chi connectivity index (χ0) is 24.8. The summed E-state index contributed by atoms with van der Waals surface area (Å²) in [4.78, 5) is 26.6. The van der Waals surface area contributed by atoms with E-state index in [1.807, 2.05) is 36.1 Å². The molecule has 180 valence electrons. The first-order valence-corrected chi connectivity index (χ1v) is 12.0. The second-order valence-electron chi connectivity index (χ2n) is 8.84. The summed E-state index contributed by atoms with van der Waals surface area (Å²) in [5.41, 5.74) is 3.68. The number of aromatic nitrogens is 2. The van der Waals surface area contributed by atoms with Crippen LogP contribution in [0.5, 0.6) is 0 Å². The number of carbonyl (C=O) groups excluding carboxylic acids is 1. The number of hydrogen-bond donors (Lipinski definition) is 1. The fourth-order valence-electron chi connectivity index (χ4n) is 4.33. The Labute approximate surface area is 206 Å². The fraction of sp³-hybridized carbons (Fsp3) is 0.276. The molecule has 1 aliphatic rings. The Morgan fingerprint density at radius 3 is 2.51 bits per heavy atom. The summed E-state index contributed by atoms with van der Waals surface area (Å²) in [6.45, 7) is 10.1. The minimum atomic E-state index is 0.148. The number of piperazine rings is 1. The monoisotopic (exact) mass is 468 g/mol. The van der Waals surface area contributed by atoms with E-state index in [1.165, 1.54) is 5.56 Å². The van der Waals surface area contributed by atoms with Crippen LogP contribution < -0.4 is 4.90 Å². The van der Waals surface area contributed by atoms with Gasteiger partial charge in [0.15, 0.2) is 5.82 Å². The number of amides is 1. The largest absolute Gasteiger partial charge is 0.512 e. The van der Waals surface area contributed by atoms with Gasteiger partial charge in [0, 0.05) is 38.0 Å². The number of nitrogens with zero attached hydrogens (tertiary/aromatic N) is 4. The molecule has 1 saturated heterocycles. The highest BCUT2D eigenvalue weighted by molar-refractivity contribution is 5.92. The molecular weight excluding hydrogens is 436 g/mol. The van der Waals surface area contributed by atoms with Crippen LogP contribution in [0.1, 0.15) is 30.3 Å². The van der Waals surface area contributed by atoms with Crippen LogP contribution in [0.15, 0.2) is 79.1 Å². The van der Waals surface area contributed by atoms with Crippen LogP contribution in [0.2, 0.25) is 0 Å². The lowest BCUT2D eigenvalue weighted by Crippen LogP contribution is -2.49. The van der Waals surface area contributed by atoms with Crippen molar-refractivity contribution in [2.45, 2.75) is 26.7 Å². The molecule has 2 heterocycles. The summed E-state index contributed by atoms with van der Waals surface area (Å²) in [5, 5.41) is 11.3. The van der Waals surface area contributed by atoms with Crippen molar-refractivity contribution in [1.82, 2.24) is 14.9 Å². The molecule has 6 heteroatoms. The van der Waals surface area contributed by atoms with E-state index in [2.05, 4.69) is 35.7 Å². The summed E-state index contributed by atoms with van der Waals surface area (Å²) in [7, 11) is 0. The predicted octanol–water partition coefficient (Wildman–Crippen LogP) is 5.25. The van der Waals surface area contributed by atoms with E-state index in [1.54, 1.807) is 25.2 Å². The molecule has 4 rings (SSSR count). The second-order valence-corrected chi connectivity index (χ2v) is 8.84. The summed E-state index contributed by atoms with van der Waals surface area (Å²) >= 11 is 0. The molecule has 1 N–H and O–H groups in total. The highest BCUT2D eigenvalue weighted by Gasteiger charge is 2.24. The Balaban J connectivity index is 1.55. The first kappa shape index (κ1) is 24.2. The minimum Gasteiger partial charge on any atom is -0.512 e. The molecule has 1 amide bonds. The molecule has 6 nitrogen and oxygen atoms in total. The standard InChI is InChI=1S/C29H32N4O2/c1-4-5-11-24(22(3)34)28-30-26-20-21(2)12-14-25(26)29(31-28)33-18-16-32(17-19-33)27(35)15-13-23-9-7-6-8-10-23/h4-12,14,20,34H,1,13,15-19H2,2-3H3/b11-5-,24-22-. The molecule has 0 atom stereocenters. The van der Waals surface area contributed by atoms with Crippen molar-refractivity contribution in [2.24, 2.45) is 0 Å². The summed E-state index contributed by atoms with van der Waals surface area (Å²) in [5.74, 6) is 1.63. The van der Waals surface area contributed by atoms with Crippen molar-refractivity contribution >= 4 is 28.2 Å². The maximum Gasteiger partial charge on any atom is 0.223 e. The van der Waals surface area contributed by atoms with E-state index in [0.29, 0.717) is 44.0 Å². The van der Waals surface area contributed by atoms with Crippen molar-refractivity contribution < 1.29 is 9.90 Å². The smallest absolute Gasteiger partial charge is 0.223 e. The van der Waals surface area contributed by atoms with Gasteiger partial charge in [0.05, 0.1) is 11.1 Å². The van der Waals surface area contributed by atoms with Crippen LogP contribution in [0, 0.1) is 6.92 Å². The maximum absolute atomic E-state index is 12.8. The predicted molar refractivity (Wildman–Crippen MR) is 142 cm³/mol. The van der Waals surface area contributed by atoms with Crippen molar-refractivity contribution in [3.05, 3.63) is 96.0 Å². The van der Waals surface area contributed by atoms with Crippen molar-refractivity contribution in [3.63, 3.8) is 0 Å². The molecule has 2 aromatic carbocycles. The molecule has 1 aliphatic heterocycles. The molecule has 0 spiro atoms. The molecular formula is C29H32N4O2. The fourth-order valence-corrected chi connectivity index (χ4v) is 4.33. The van der Waals surface area contributed by atoms with Gasteiger partial charge < -0.3 is 14.9 Å². The SMILES string of the molecule is C=C/C=C\C(=C(/C)O)c1nc(N2CCN(C(=O)CCc3ccccc3)CC2)c2ccc(C)cc2n1. The Morgan fingerprint density at radius 2 is 1.83 bits per heavy atom. The van der Waals surface area contributed by atoms with Gasteiger partial charge in [0.2, 0.25) is 5.91 Å². The molecule has 0 bridgehead atoms. The van der Waals surface area contributed by atoms with E-state index in [9.17, 15) is 9.90 Å². The van der Waals surface area contributed by atoms with Crippen LogP contribution in [-0.2, 0) is 11.2 Å². The Bertz CT molecular complexity index is 1270. The Kier molecular flexibility index (Phi) is 7.60. The molecule has 0 saturated carbocycles. The highest BCUT2D eigenvalue weighted by atomic mass is 16.3. The van der Waals surface area contributed by atoms with E-state index in [0.717, 1.165) is 28.7 Å². The number of aryl methyl sites for hydroxylation is 2. The number of benzene rings is 2. The van der Waals surface area contributed by atoms with E-state index >= 15 is 0 Å². The third kappa shape index (κ3) is 5.77. The van der Waals surface area contributed by atoms with Gasteiger partial charge in [-0.3, -0.25) is 4.79 Å². The lowest BCUT2D eigenvalue weighted by Gasteiger charge is -2.36. The van der Waals surface area contributed by atoms with Crippen molar-refractivity contribution in [2.75, 3.05) is 31.1 Å². The first-order valence-electron chi connectivity index (χ1n) is 12.0. The lowest BCUT2D eigenvalue weighted by atomic mass is 10.1. The number of fused-ring (bicyclic) bond motifs is 1. The van der Waals surface area contributed by atoms with Gasteiger partial charge in [-0.2, -0.15) is 0 Å². The number of rotatable bonds is 7. The molecule has 0 unspecified atom stereocenters. The average Bonchev–Trinajstić information content (AvgIpc) is 2.87. The molecule has 1 aromatic heterocycles. The van der Waals surface area contributed by atoms with Crippen LogP contribution >= 0.6 is 0 Å². The number of hydrogen-bond acceptors (Lipinski definition) is 5. The average molecular weight is 469 g/mol. The molecule has 3 aromatic rings. The quantitative estimate of drug-likeness (QED) is 0.379. The number of aliphatic hydroxyl groups is 1. The first-order chi connectivity index (χ1) is 17.0.